The van der Waals surface area contributed by atoms with Gasteiger partial charge in [-0.3, -0.25) is 0 Å². The molecule has 0 fully saturated rings. The first-order chi connectivity index (χ1) is 21.2. The van der Waals surface area contributed by atoms with Gasteiger partial charge in [-0.15, -0.1) is 0 Å². The fourth-order valence-electron chi connectivity index (χ4n) is 6.07. The van der Waals surface area contributed by atoms with Crippen LogP contribution in [0.2, 0.25) is 0 Å². The molecule has 0 N–H and O–H groups in total. The quantitative estimate of drug-likeness (QED) is 0.190. The van der Waals surface area contributed by atoms with Crippen LogP contribution in [0.15, 0.2) is 176 Å². The summed E-state index contributed by atoms with van der Waals surface area (Å²) >= 11 is 0. The number of pyridine rings is 1. The summed E-state index contributed by atoms with van der Waals surface area (Å²) in [5.41, 5.74) is 8.70. The minimum Gasteiger partial charge on any atom is -0.842 e. The maximum Gasteiger partial charge on any atom is 0.219 e. The summed E-state index contributed by atoms with van der Waals surface area (Å²) in [6.45, 7) is 0. The van der Waals surface area contributed by atoms with Crippen molar-refractivity contribution >= 4 is 11.3 Å². The van der Waals surface area contributed by atoms with Gasteiger partial charge in [0, 0.05) is 29.3 Å². The minimum absolute atomic E-state index is 0.336. The second-order valence-corrected chi connectivity index (χ2v) is 10.9. The average molecular weight is 554 g/mol. The fourth-order valence-corrected chi connectivity index (χ4v) is 6.07. The molecule has 1 atom stereocenters. The zero-order valence-corrected chi connectivity index (χ0v) is 23.8. The van der Waals surface area contributed by atoms with Crippen molar-refractivity contribution < 1.29 is 9.67 Å². The predicted molar refractivity (Wildman–Crippen MR) is 174 cm³/mol. The van der Waals surface area contributed by atoms with Crippen LogP contribution >= 0.6 is 0 Å². The summed E-state index contributed by atoms with van der Waals surface area (Å²) in [4.78, 5) is 0. The molecular formula is C41H31NO. The Balaban J connectivity index is 1.51. The summed E-state index contributed by atoms with van der Waals surface area (Å²) in [6.07, 6.45) is 4.57. The van der Waals surface area contributed by atoms with Gasteiger partial charge in [-0.25, -0.2) is 0 Å². The normalized spacial score (nSPS) is 16.3. The summed E-state index contributed by atoms with van der Waals surface area (Å²) in [5, 5.41) is 14.9. The zero-order chi connectivity index (χ0) is 29.1. The Morgan fingerprint density at radius 2 is 0.884 bits per heavy atom. The lowest BCUT2D eigenvalue weighted by Crippen LogP contribution is -2.45. The van der Waals surface area contributed by atoms with Gasteiger partial charge in [0.25, 0.3) is 0 Å². The van der Waals surface area contributed by atoms with Crippen molar-refractivity contribution in [3.8, 4) is 33.6 Å². The molecular weight excluding hydrogens is 522 g/mol. The third-order valence-corrected chi connectivity index (χ3v) is 8.22. The van der Waals surface area contributed by atoms with Gasteiger partial charge in [0.1, 0.15) is 0 Å². The maximum absolute atomic E-state index is 14.9. The van der Waals surface area contributed by atoms with Crippen molar-refractivity contribution in [2.24, 2.45) is 0 Å². The topological polar surface area (TPSA) is 26.9 Å². The Bertz CT molecular complexity index is 1850. The SMILES string of the molecule is [O-]C1(c2ccccc2)CC=C([n+]2c(-c3ccccc3)cc(-c3ccccc3)cc2-c2ccccc2)C=C1c1ccccc1. The Kier molecular flexibility index (Phi) is 7.12. The molecule has 5 aromatic carbocycles. The lowest BCUT2D eigenvalue weighted by Gasteiger charge is -2.44. The molecule has 2 heteroatoms. The van der Waals surface area contributed by atoms with Crippen LogP contribution in [-0.2, 0) is 5.60 Å². The highest BCUT2D eigenvalue weighted by Gasteiger charge is 2.33. The predicted octanol–water partition coefficient (Wildman–Crippen LogP) is 8.56. The lowest BCUT2D eigenvalue weighted by molar-refractivity contribution is -0.555. The summed E-state index contributed by atoms with van der Waals surface area (Å²) in [7, 11) is 0. The molecule has 43 heavy (non-hydrogen) atoms. The summed E-state index contributed by atoms with van der Waals surface area (Å²) < 4.78 is 2.32. The Morgan fingerprint density at radius 3 is 1.37 bits per heavy atom. The fraction of sp³-hybridized carbons (Fsp3) is 0.0488. The van der Waals surface area contributed by atoms with E-state index in [2.05, 4.69) is 102 Å². The number of hydrogen-bond donors (Lipinski definition) is 0. The molecule has 0 spiro atoms. The van der Waals surface area contributed by atoms with Crippen LogP contribution in [0.5, 0.6) is 0 Å². The third-order valence-electron chi connectivity index (χ3n) is 8.22. The molecule has 1 aromatic heterocycles. The highest BCUT2D eigenvalue weighted by atomic mass is 16.3. The van der Waals surface area contributed by atoms with E-state index >= 15 is 0 Å². The van der Waals surface area contributed by atoms with Gasteiger partial charge in [0.15, 0.2) is 0 Å². The summed E-state index contributed by atoms with van der Waals surface area (Å²) in [5.74, 6) is 0. The van der Waals surface area contributed by atoms with Crippen LogP contribution in [0, 0.1) is 0 Å². The number of benzene rings is 5. The van der Waals surface area contributed by atoms with Gasteiger partial charge in [0.2, 0.25) is 17.1 Å². The second kappa shape index (κ2) is 11.5. The average Bonchev–Trinajstić information content (AvgIpc) is 3.10. The number of rotatable bonds is 6. The first-order valence-electron chi connectivity index (χ1n) is 14.7. The molecule has 1 aliphatic rings. The molecule has 206 valence electrons. The van der Waals surface area contributed by atoms with E-state index in [0.717, 1.165) is 56.0 Å². The van der Waals surface area contributed by atoms with E-state index in [0.29, 0.717) is 6.42 Å². The van der Waals surface area contributed by atoms with E-state index < -0.39 is 5.60 Å². The molecule has 0 saturated carbocycles. The Labute approximate surface area is 253 Å². The van der Waals surface area contributed by atoms with E-state index in [1.165, 1.54) is 0 Å². The van der Waals surface area contributed by atoms with Gasteiger partial charge in [-0.1, -0.05) is 139 Å². The largest absolute Gasteiger partial charge is 0.842 e. The van der Waals surface area contributed by atoms with E-state index in [1.807, 2.05) is 78.9 Å². The van der Waals surface area contributed by atoms with Crippen molar-refractivity contribution in [1.82, 2.24) is 0 Å². The van der Waals surface area contributed by atoms with E-state index in [-0.39, 0.29) is 0 Å². The van der Waals surface area contributed by atoms with E-state index in [9.17, 15) is 5.11 Å². The van der Waals surface area contributed by atoms with Gasteiger partial charge in [-0.05, 0) is 59.0 Å². The molecule has 6 aromatic rings. The third kappa shape index (κ3) is 5.14. The molecule has 1 aliphatic carbocycles. The van der Waals surface area contributed by atoms with Crippen LogP contribution in [0.3, 0.4) is 0 Å². The van der Waals surface area contributed by atoms with Crippen molar-refractivity contribution in [3.63, 3.8) is 0 Å². The maximum atomic E-state index is 14.9. The van der Waals surface area contributed by atoms with Gasteiger partial charge in [-0.2, -0.15) is 4.57 Å². The molecule has 0 bridgehead atoms. The standard InChI is InChI=1S/C41H31NO/c43-41(36-24-14-5-15-25-36)27-26-37(30-38(41)32-18-8-2-9-19-32)42-39(33-20-10-3-11-21-33)28-35(31-16-6-1-7-17-31)29-40(42)34-22-12-4-13-23-34/h1-26,28-30H,27H2. The summed E-state index contributed by atoms with van der Waals surface area (Å²) in [6, 6.07) is 56.0. The number of hydrogen-bond acceptors (Lipinski definition) is 1. The molecule has 0 aliphatic heterocycles. The first-order valence-corrected chi connectivity index (χ1v) is 14.7. The van der Waals surface area contributed by atoms with Crippen molar-refractivity contribution in [3.05, 3.63) is 187 Å². The van der Waals surface area contributed by atoms with Crippen molar-refractivity contribution in [2.45, 2.75) is 12.0 Å². The molecule has 0 radical (unpaired) electrons. The highest BCUT2D eigenvalue weighted by molar-refractivity contribution is 5.83. The second-order valence-electron chi connectivity index (χ2n) is 10.9. The highest BCUT2D eigenvalue weighted by Crippen LogP contribution is 2.42. The van der Waals surface area contributed by atoms with Gasteiger partial charge >= 0.3 is 0 Å². The molecule has 0 saturated heterocycles. The number of nitrogens with zero attached hydrogens (tertiary/aromatic N) is 1. The van der Waals surface area contributed by atoms with E-state index in [1.54, 1.807) is 0 Å². The van der Waals surface area contributed by atoms with E-state index in [4.69, 9.17) is 0 Å². The first kappa shape index (κ1) is 26.6. The molecule has 7 rings (SSSR count). The lowest BCUT2D eigenvalue weighted by atomic mass is 9.77. The van der Waals surface area contributed by atoms with Gasteiger partial charge in [0.05, 0.1) is 0 Å². The van der Waals surface area contributed by atoms with Crippen LogP contribution in [0.1, 0.15) is 17.5 Å². The number of aromatic nitrogens is 1. The Morgan fingerprint density at radius 1 is 0.465 bits per heavy atom. The zero-order valence-electron chi connectivity index (χ0n) is 23.8. The van der Waals surface area contributed by atoms with Crippen molar-refractivity contribution in [1.29, 1.82) is 0 Å². The van der Waals surface area contributed by atoms with Crippen molar-refractivity contribution in [2.75, 3.05) is 0 Å². The van der Waals surface area contributed by atoms with Crippen LogP contribution < -0.4 is 9.67 Å². The van der Waals surface area contributed by atoms with Crippen LogP contribution in [0.4, 0.5) is 0 Å². The molecule has 0 amide bonds. The van der Waals surface area contributed by atoms with Crippen LogP contribution in [-0.4, -0.2) is 0 Å². The molecule has 1 unspecified atom stereocenters. The number of allylic oxidation sites excluding steroid dienone is 2. The molecule has 1 heterocycles. The monoisotopic (exact) mass is 553 g/mol. The Hall–Kier alpha value is -5.31. The smallest absolute Gasteiger partial charge is 0.219 e. The van der Waals surface area contributed by atoms with Gasteiger partial charge < -0.3 is 5.11 Å². The minimum atomic E-state index is -1.41. The molecule has 2 nitrogen and oxygen atoms in total. The van der Waals surface area contributed by atoms with Crippen LogP contribution in [0.25, 0.3) is 44.9 Å².